The van der Waals surface area contributed by atoms with Crippen molar-refractivity contribution in [2.75, 3.05) is 39.3 Å². The number of carbonyl (C=O) groups excluding carboxylic acids is 1. The normalized spacial score (nSPS) is 25.4. The second-order valence-corrected chi connectivity index (χ2v) is 7.76. The number of nitrogens with zero attached hydrogens (tertiary/aromatic N) is 3. The summed E-state index contributed by atoms with van der Waals surface area (Å²) < 4.78 is 28.5. The van der Waals surface area contributed by atoms with Crippen molar-refractivity contribution in [3.8, 4) is 0 Å². The molecule has 2 saturated heterocycles. The van der Waals surface area contributed by atoms with Crippen molar-refractivity contribution in [3.63, 3.8) is 0 Å². The van der Waals surface area contributed by atoms with Gasteiger partial charge in [-0.3, -0.25) is 9.69 Å². The van der Waals surface area contributed by atoms with Gasteiger partial charge in [0.25, 0.3) is 10.2 Å². The van der Waals surface area contributed by atoms with E-state index in [4.69, 9.17) is 5.73 Å². The lowest BCUT2D eigenvalue weighted by molar-refractivity contribution is -0.123. The minimum atomic E-state index is -3.35. The molecule has 2 rings (SSSR count). The van der Waals surface area contributed by atoms with E-state index >= 15 is 0 Å². The SMILES string of the molecule is C[C@@H](C(N)=O)N1CCN(S(=O)(=O)N2CCCCCC2)CC1. The molecule has 1 atom stereocenters. The Kier molecular flexibility index (Phi) is 5.59. The highest BCUT2D eigenvalue weighted by Gasteiger charge is 2.34. The summed E-state index contributed by atoms with van der Waals surface area (Å²) >= 11 is 0. The predicted octanol–water partition coefficient (Wildman–Crippen LogP) is -0.401. The van der Waals surface area contributed by atoms with Crippen molar-refractivity contribution in [2.45, 2.75) is 38.6 Å². The van der Waals surface area contributed by atoms with Crippen LogP contribution < -0.4 is 5.73 Å². The number of hydrogen-bond donors (Lipinski definition) is 1. The van der Waals surface area contributed by atoms with E-state index in [2.05, 4.69) is 0 Å². The van der Waals surface area contributed by atoms with Gasteiger partial charge in [-0.05, 0) is 19.8 Å². The molecule has 0 aromatic heterocycles. The highest BCUT2D eigenvalue weighted by Crippen LogP contribution is 2.18. The maximum Gasteiger partial charge on any atom is 0.282 e. The van der Waals surface area contributed by atoms with E-state index in [9.17, 15) is 13.2 Å². The number of rotatable bonds is 4. The van der Waals surface area contributed by atoms with Gasteiger partial charge in [0.15, 0.2) is 0 Å². The van der Waals surface area contributed by atoms with Crippen LogP contribution in [0.1, 0.15) is 32.6 Å². The topological polar surface area (TPSA) is 87.0 Å². The van der Waals surface area contributed by atoms with E-state index in [0.717, 1.165) is 25.7 Å². The van der Waals surface area contributed by atoms with Gasteiger partial charge in [0.2, 0.25) is 5.91 Å². The average Bonchev–Trinajstić information content (AvgIpc) is 2.76. The van der Waals surface area contributed by atoms with Gasteiger partial charge in [-0.15, -0.1) is 0 Å². The van der Waals surface area contributed by atoms with E-state index in [1.54, 1.807) is 15.5 Å². The standard InChI is InChI=1S/C13H26N4O3S/c1-12(13(14)18)15-8-10-17(11-9-15)21(19,20)16-6-4-2-3-5-7-16/h12H,2-11H2,1H3,(H2,14,18)/t12-/m0/s1. The zero-order chi connectivity index (χ0) is 15.5. The van der Waals surface area contributed by atoms with Gasteiger partial charge in [0.1, 0.15) is 0 Å². The Balaban J connectivity index is 1.95. The molecule has 0 radical (unpaired) electrons. The maximum atomic E-state index is 12.6. The molecule has 0 aromatic rings. The summed E-state index contributed by atoms with van der Waals surface area (Å²) in [6, 6.07) is -0.340. The van der Waals surface area contributed by atoms with Crippen LogP contribution in [-0.2, 0) is 15.0 Å². The lowest BCUT2D eigenvalue weighted by atomic mass is 10.2. The molecule has 1 amide bonds. The van der Waals surface area contributed by atoms with Gasteiger partial charge >= 0.3 is 0 Å². The fraction of sp³-hybridized carbons (Fsp3) is 0.923. The summed E-state index contributed by atoms with van der Waals surface area (Å²) in [5.41, 5.74) is 5.30. The molecular formula is C13H26N4O3S. The molecule has 0 aliphatic carbocycles. The molecule has 0 spiro atoms. The highest BCUT2D eigenvalue weighted by atomic mass is 32.2. The first-order valence-corrected chi connectivity index (χ1v) is 9.11. The van der Waals surface area contributed by atoms with Crippen molar-refractivity contribution in [1.29, 1.82) is 0 Å². The molecule has 21 heavy (non-hydrogen) atoms. The smallest absolute Gasteiger partial charge is 0.282 e. The van der Waals surface area contributed by atoms with Crippen LogP contribution in [0.3, 0.4) is 0 Å². The third-order valence-corrected chi connectivity index (χ3v) is 6.49. The molecule has 0 unspecified atom stereocenters. The molecule has 2 fully saturated rings. The first-order valence-electron chi connectivity index (χ1n) is 7.71. The molecule has 0 bridgehead atoms. The van der Waals surface area contributed by atoms with Crippen LogP contribution in [0.25, 0.3) is 0 Å². The van der Waals surface area contributed by atoms with Crippen LogP contribution >= 0.6 is 0 Å². The van der Waals surface area contributed by atoms with E-state index < -0.39 is 10.2 Å². The minimum Gasteiger partial charge on any atom is -0.368 e. The van der Waals surface area contributed by atoms with E-state index in [1.807, 2.05) is 4.90 Å². The number of nitrogens with two attached hydrogens (primary N) is 1. The molecule has 8 heteroatoms. The van der Waals surface area contributed by atoms with Gasteiger partial charge in [0.05, 0.1) is 6.04 Å². The van der Waals surface area contributed by atoms with Crippen molar-refractivity contribution in [3.05, 3.63) is 0 Å². The number of amides is 1. The van der Waals surface area contributed by atoms with Gasteiger partial charge in [-0.25, -0.2) is 0 Å². The molecule has 122 valence electrons. The quantitative estimate of drug-likeness (QED) is 0.764. The summed E-state index contributed by atoms with van der Waals surface area (Å²) in [4.78, 5) is 13.1. The van der Waals surface area contributed by atoms with E-state index in [1.165, 1.54) is 0 Å². The third kappa shape index (κ3) is 3.94. The number of carbonyl (C=O) groups is 1. The monoisotopic (exact) mass is 318 g/mol. The Morgan fingerprint density at radius 1 is 0.905 bits per heavy atom. The average molecular weight is 318 g/mol. The number of piperazine rings is 1. The minimum absolute atomic E-state index is 0.340. The Morgan fingerprint density at radius 2 is 1.38 bits per heavy atom. The van der Waals surface area contributed by atoms with Crippen LogP contribution in [0.15, 0.2) is 0 Å². The van der Waals surface area contributed by atoms with Gasteiger partial charge in [-0.1, -0.05) is 12.8 Å². The Bertz CT molecular complexity index is 452. The molecule has 7 nitrogen and oxygen atoms in total. The van der Waals surface area contributed by atoms with Crippen LogP contribution in [0, 0.1) is 0 Å². The number of primary amides is 1. The first kappa shape index (κ1) is 16.7. The van der Waals surface area contributed by atoms with Crippen molar-refractivity contribution >= 4 is 16.1 Å². The summed E-state index contributed by atoms with van der Waals surface area (Å²) in [5.74, 6) is -0.362. The fourth-order valence-electron chi connectivity index (χ4n) is 2.94. The molecule has 0 saturated carbocycles. The van der Waals surface area contributed by atoms with Crippen LogP contribution in [0.5, 0.6) is 0 Å². The van der Waals surface area contributed by atoms with E-state index in [-0.39, 0.29) is 11.9 Å². The largest absolute Gasteiger partial charge is 0.368 e. The van der Waals surface area contributed by atoms with Crippen molar-refractivity contribution in [1.82, 2.24) is 13.5 Å². The zero-order valence-corrected chi connectivity index (χ0v) is 13.5. The highest BCUT2D eigenvalue weighted by molar-refractivity contribution is 7.86. The number of hydrogen-bond acceptors (Lipinski definition) is 4. The second-order valence-electron chi connectivity index (χ2n) is 5.83. The first-order chi connectivity index (χ1) is 9.93. The van der Waals surface area contributed by atoms with Gasteiger partial charge < -0.3 is 5.73 Å². The molecule has 2 N–H and O–H groups in total. The maximum absolute atomic E-state index is 12.6. The van der Waals surface area contributed by atoms with Crippen molar-refractivity contribution < 1.29 is 13.2 Å². The molecule has 2 aliphatic rings. The summed E-state index contributed by atoms with van der Waals surface area (Å²) in [6.07, 6.45) is 4.10. The van der Waals surface area contributed by atoms with E-state index in [0.29, 0.717) is 39.3 Å². The summed E-state index contributed by atoms with van der Waals surface area (Å²) in [5, 5.41) is 0. The predicted molar refractivity (Wildman–Crippen MR) is 80.8 cm³/mol. The third-order valence-electron chi connectivity index (χ3n) is 4.45. The molecule has 0 aromatic carbocycles. The molecular weight excluding hydrogens is 292 g/mol. The fourth-order valence-corrected chi connectivity index (χ4v) is 4.61. The summed E-state index contributed by atoms with van der Waals surface area (Å²) in [7, 11) is -3.35. The van der Waals surface area contributed by atoms with Crippen molar-refractivity contribution in [2.24, 2.45) is 5.73 Å². The van der Waals surface area contributed by atoms with Gasteiger partial charge in [0, 0.05) is 39.3 Å². The lowest BCUT2D eigenvalue weighted by Gasteiger charge is -2.38. The zero-order valence-electron chi connectivity index (χ0n) is 12.7. The Labute approximate surface area is 127 Å². The molecule has 2 aliphatic heterocycles. The molecule has 2 heterocycles. The van der Waals surface area contributed by atoms with Crippen LogP contribution in [-0.4, -0.2) is 73.1 Å². The van der Waals surface area contributed by atoms with Gasteiger partial charge in [-0.2, -0.15) is 17.0 Å². The Morgan fingerprint density at radius 3 is 1.86 bits per heavy atom. The Hall–Kier alpha value is -0.700. The van der Waals surface area contributed by atoms with Crippen LogP contribution in [0.2, 0.25) is 0 Å². The summed E-state index contributed by atoms with van der Waals surface area (Å²) in [6.45, 7) is 4.98. The van der Waals surface area contributed by atoms with Crippen LogP contribution in [0.4, 0.5) is 0 Å². The lowest BCUT2D eigenvalue weighted by Crippen LogP contribution is -2.56. The second kappa shape index (κ2) is 7.04.